The largest absolute Gasteiger partial charge is 0.463 e. The van der Waals surface area contributed by atoms with Crippen molar-refractivity contribution in [3.8, 4) is 5.75 Å². The van der Waals surface area contributed by atoms with E-state index in [9.17, 15) is 13.2 Å². The number of benzene rings is 1. The molecule has 0 aromatic heterocycles. The molecule has 5 heteroatoms. The van der Waals surface area contributed by atoms with Gasteiger partial charge in [0, 0.05) is 12.1 Å². The Balaban J connectivity index is 3.04. The summed E-state index contributed by atoms with van der Waals surface area (Å²) in [6.45, 7) is -1.11. The van der Waals surface area contributed by atoms with Gasteiger partial charge in [-0.25, -0.2) is 13.2 Å². The molecular formula is C7H4ClF3O. The molecule has 1 rings (SSSR count). The van der Waals surface area contributed by atoms with Crippen molar-refractivity contribution in [1.29, 1.82) is 0 Å². The number of alkyl halides is 1. The van der Waals surface area contributed by atoms with Gasteiger partial charge in [0.05, 0.1) is 5.02 Å². The molecule has 0 amide bonds. The van der Waals surface area contributed by atoms with Gasteiger partial charge in [-0.3, -0.25) is 0 Å². The normalized spacial score (nSPS) is 10.0. The molecule has 0 bridgehead atoms. The summed E-state index contributed by atoms with van der Waals surface area (Å²) in [5.74, 6) is -2.46. The molecule has 0 saturated heterocycles. The average Bonchev–Trinajstić information content (AvgIpc) is 2.01. The van der Waals surface area contributed by atoms with Crippen LogP contribution in [0.3, 0.4) is 0 Å². The van der Waals surface area contributed by atoms with Crippen molar-refractivity contribution >= 4 is 11.6 Å². The molecule has 1 aromatic rings. The summed E-state index contributed by atoms with van der Waals surface area (Å²) in [4.78, 5) is 0. The highest BCUT2D eigenvalue weighted by molar-refractivity contribution is 6.30. The number of hydrogen-bond acceptors (Lipinski definition) is 1. The third-order valence-electron chi connectivity index (χ3n) is 1.18. The van der Waals surface area contributed by atoms with Crippen LogP contribution in [-0.4, -0.2) is 6.86 Å². The summed E-state index contributed by atoms with van der Waals surface area (Å²) in [7, 11) is 0. The highest BCUT2D eigenvalue weighted by atomic mass is 35.5. The van der Waals surface area contributed by atoms with Crippen molar-refractivity contribution < 1.29 is 17.9 Å². The van der Waals surface area contributed by atoms with Crippen LogP contribution in [0.25, 0.3) is 0 Å². The maximum absolute atomic E-state index is 12.5. The smallest absolute Gasteiger partial charge is 0.228 e. The van der Waals surface area contributed by atoms with Crippen LogP contribution in [0, 0.1) is 11.6 Å². The van der Waals surface area contributed by atoms with Crippen LogP contribution in [0.2, 0.25) is 5.02 Å². The maximum atomic E-state index is 12.5. The molecule has 0 fully saturated rings. The minimum atomic E-state index is -1.16. The Morgan fingerprint density at radius 3 is 2.50 bits per heavy atom. The molecule has 0 spiro atoms. The standard InChI is InChI=1S/C7H4ClF3O/c8-5-1-4(12-3-9)2-6(10)7(5)11/h1-2H,3H2. The minimum absolute atomic E-state index is 0.138. The molecule has 66 valence electrons. The molecule has 1 nitrogen and oxygen atoms in total. The zero-order valence-corrected chi connectivity index (χ0v) is 6.54. The molecule has 12 heavy (non-hydrogen) atoms. The van der Waals surface area contributed by atoms with Gasteiger partial charge in [-0.2, -0.15) is 0 Å². The number of rotatable bonds is 2. The summed E-state index contributed by atoms with van der Waals surface area (Å²) >= 11 is 5.24. The Bertz CT molecular complexity index is 267. The summed E-state index contributed by atoms with van der Waals surface area (Å²) < 4.78 is 40.8. The van der Waals surface area contributed by atoms with Gasteiger partial charge < -0.3 is 4.74 Å². The van der Waals surface area contributed by atoms with E-state index in [0.717, 1.165) is 12.1 Å². The number of ether oxygens (including phenoxy) is 1. The van der Waals surface area contributed by atoms with Crippen LogP contribution < -0.4 is 4.74 Å². The van der Waals surface area contributed by atoms with Gasteiger partial charge in [-0.15, -0.1) is 0 Å². The molecule has 0 aliphatic carbocycles. The first-order valence-corrected chi connectivity index (χ1v) is 3.36. The second-order valence-corrected chi connectivity index (χ2v) is 2.36. The van der Waals surface area contributed by atoms with Crippen molar-refractivity contribution in [2.75, 3.05) is 6.86 Å². The molecular weight excluding hydrogens is 193 g/mol. The van der Waals surface area contributed by atoms with Crippen molar-refractivity contribution in [2.45, 2.75) is 0 Å². The highest BCUT2D eigenvalue weighted by Crippen LogP contribution is 2.24. The van der Waals surface area contributed by atoms with Gasteiger partial charge in [0.2, 0.25) is 6.86 Å². The summed E-state index contributed by atoms with van der Waals surface area (Å²) in [5, 5.41) is -0.432. The Morgan fingerprint density at radius 1 is 1.33 bits per heavy atom. The van der Waals surface area contributed by atoms with Crippen molar-refractivity contribution in [1.82, 2.24) is 0 Å². The second-order valence-electron chi connectivity index (χ2n) is 1.95. The Morgan fingerprint density at radius 2 is 2.00 bits per heavy atom. The van der Waals surface area contributed by atoms with Crippen molar-refractivity contribution in [3.63, 3.8) is 0 Å². The second kappa shape index (κ2) is 3.67. The average molecular weight is 197 g/mol. The lowest BCUT2D eigenvalue weighted by molar-refractivity contribution is 0.191. The maximum Gasteiger partial charge on any atom is 0.228 e. The van der Waals surface area contributed by atoms with Gasteiger partial charge >= 0.3 is 0 Å². The fourth-order valence-corrected chi connectivity index (χ4v) is 0.876. The van der Waals surface area contributed by atoms with E-state index in [1.165, 1.54) is 0 Å². The van der Waals surface area contributed by atoms with Crippen molar-refractivity contribution in [2.24, 2.45) is 0 Å². The molecule has 0 heterocycles. The van der Waals surface area contributed by atoms with E-state index in [2.05, 4.69) is 4.74 Å². The topological polar surface area (TPSA) is 9.23 Å². The molecule has 1 aromatic carbocycles. The lowest BCUT2D eigenvalue weighted by atomic mass is 10.3. The quantitative estimate of drug-likeness (QED) is 0.661. The van der Waals surface area contributed by atoms with Gasteiger partial charge in [0.1, 0.15) is 5.75 Å². The fraction of sp³-hybridized carbons (Fsp3) is 0.143. The predicted molar refractivity (Wildman–Crippen MR) is 38.0 cm³/mol. The van der Waals surface area contributed by atoms with Gasteiger partial charge in [0.15, 0.2) is 11.6 Å². The first kappa shape index (κ1) is 9.19. The first-order valence-electron chi connectivity index (χ1n) is 2.98. The Hall–Kier alpha value is -0.900. The lowest BCUT2D eigenvalue weighted by Gasteiger charge is -2.02. The molecule has 0 saturated carbocycles. The molecule has 0 radical (unpaired) electrons. The van der Waals surface area contributed by atoms with Gasteiger partial charge in [-0.05, 0) is 0 Å². The van der Waals surface area contributed by atoms with E-state index >= 15 is 0 Å². The van der Waals surface area contributed by atoms with Crippen LogP contribution in [-0.2, 0) is 0 Å². The van der Waals surface area contributed by atoms with Crippen LogP contribution in [0.5, 0.6) is 5.75 Å². The van der Waals surface area contributed by atoms with Crippen LogP contribution >= 0.6 is 11.6 Å². The molecule has 0 aliphatic heterocycles. The monoisotopic (exact) mass is 196 g/mol. The first-order chi connectivity index (χ1) is 5.65. The SMILES string of the molecule is FCOc1cc(F)c(F)c(Cl)c1. The van der Waals surface area contributed by atoms with Gasteiger partial charge in [-0.1, -0.05) is 11.6 Å². The number of halogens is 4. The Labute approximate surface area is 71.7 Å². The number of hydrogen-bond donors (Lipinski definition) is 0. The van der Waals surface area contributed by atoms with E-state index in [4.69, 9.17) is 11.6 Å². The van der Waals surface area contributed by atoms with Crippen LogP contribution in [0.4, 0.5) is 13.2 Å². The molecule has 0 unspecified atom stereocenters. The highest BCUT2D eigenvalue weighted by Gasteiger charge is 2.09. The van der Waals surface area contributed by atoms with E-state index in [-0.39, 0.29) is 5.75 Å². The third-order valence-corrected chi connectivity index (χ3v) is 1.45. The Kier molecular flexibility index (Phi) is 2.81. The summed E-state index contributed by atoms with van der Waals surface area (Å²) in [6.07, 6.45) is 0. The zero-order valence-electron chi connectivity index (χ0n) is 5.78. The lowest BCUT2D eigenvalue weighted by Crippen LogP contribution is -1.93. The fourth-order valence-electron chi connectivity index (χ4n) is 0.679. The van der Waals surface area contributed by atoms with E-state index in [0.29, 0.717) is 0 Å². The summed E-state index contributed by atoms with van der Waals surface area (Å²) in [5.41, 5.74) is 0. The van der Waals surface area contributed by atoms with Gasteiger partial charge in [0.25, 0.3) is 0 Å². The predicted octanol–water partition coefficient (Wildman–Crippen LogP) is 2.92. The third kappa shape index (κ3) is 1.82. The summed E-state index contributed by atoms with van der Waals surface area (Å²) in [6, 6.07) is 1.72. The van der Waals surface area contributed by atoms with Crippen molar-refractivity contribution in [3.05, 3.63) is 28.8 Å². The molecule has 0 atom stereocenters. The van der Waals surface area contributed by atoms with E-state index < -0.39 is 23.5 Å². The molecule has 0 N–H and O–H groups in total. The van der Waals surface area contributed by atoms with Crippen LogP contribution in [0.1, 0.15) is 0 Å². The van der Waals surface area contributed by atoms with E-state index in [1.807, 2.05) is 0 Å². The minimum Gasteiger partial charge on any atom is -0.463 e. The van der Waals surface area contributed by atoms with Crippen LogP contribution in [0.15, 0.2) is 12.1 Å². The molecule has 0 aliphatic rings. The zero-order chi connectivity index (χ0) is 9.14. The van der Waals surface area contributed by atoms with E-state index in [1.54, 1.807) is 0 Å².